The van der Waals surface area contributed by atoms with Gasteiger partial charge in [-0.3, -0.25) is 9.52 Å². The van der Waals surface area contributed by atoms with Crippen LogP contribution in [0.1, 0.15) is 73.9 Å². The summed E-state index contributed by atoms with van der Waals surface area (Å²) < 4.78 is 39.9. The molecule has 2 fully saturated rings. The van der Waals surface area contributed by atoms with E-state index < -0.39 is 21.9 Å². The molecule has 51 heavy (non-hydrogen) atoms. The number of hydrogen-bond donors (Lipinski definition) is 1. The highest BCUT2D eigenvalue weighted by molar-refractivity contribution is 7.92. The van der Waals surface area contributed by atoms with Gasteiger partial charge in [0.2, 0.25) is 0 Å². The van der Waals surface area contributed by atoms with E-state index in [-0.39, 0.29) is 35.3 Å². The fraction of sp³-hybridized carbons (Fsp3) is 0.590. The standard InChI is InChI=1S/C39H51ClN4O6S/c1-5-26-8-6-10-34(48-3)31-14-11-29(31)20-43-23-39(17-7-9-27-18-30(40)13-15-32(27)39)24-50-35-16-12-28(19-33(35)43)37(45)41-51(47,22-26)42-38(46)44-21-36(49-4)25(44)2/h6,10,12-13,15-16,18-19,25-26,29,31,34,36H,5,7-9,11,14,17,20-24H2,1-4H3,(H,41,42,45,46,47)/b10-6+/t25-,26+,29+,31-,34+,36+,39+,51?/m1/s1. The number of likely N-dealkylation sites (tertiary alicyclic amines) is 1. The van der Waals surface area contributed by atoms with Gasteiger partial charge in [0.1, 0.15) is 15.7 Å². The molecular formula is C39H51ClN4O6S. The largest absolute Gasteiger partial charge is 0.490 e. The van der Waals surface area contributed by atoms with Crippen LogP contribution in [0, 0.1) is 17.8 Å². The molecule has 2 aromatic rings. The molecule has 0 aromatic heterocycles. The molecule has 1 N–H and O–H groups in total. The van der Waals surface area contributed by atoms with Crippen molar-refractivity contribution >= 4 is 39.1 Å². The van der Waals surface area contributed by atoms with Crippen LogP contribution < -0.4 is 14.4 Å². The van der Waals surface area contributed by atoms with E-state index >= 15 is 0 Å². The molecule has 3 aliphatic heterocycles. The van der Waals surface area contributed by atoms with Crippen molar-refractivity contribution in [2.75, 3.05) is 51.1 Å². The summed E-state index contributed by atoms with van der Waals surface area (Å²) in [5.41, 5.74) is 3.44. The Hall–Kier alpha value is -3.12. The zero-order valence-electron chi connectivity index (χ0n) is 30.1. The number of carbonyl (C=O) groups excluding carboxylic acids is 2. The Kier molecular flexibility index (Phi) is 10.5. The molecule has 1 spiro atoms. The summed E-state index contributed by atoms with van der Waals surface area (Å²) in [5, 5.41) is 0.744. The fourth-order valence-corrected chi connectivity index (χ4v) is 11.0. The Labute approximate surface area is 307 Å². The fourth-order valence-electron chi connectivity index (χ4n) is 8.86. The number of urea groups is 1. The summed E-state index contributed by atoms with van der Waals surface area (Å²) in [5.74, 6) is 0.808. The van der Waals surface area contributed by atoms with Crippen molar-refractivity contribution in [2.24, 2.45) is 22.1 Å². The molecule has 7 rings (SSSR count). The molecule has 1 saturated carbocycles. The van der Waals surface area contributed by atoms with E-state index in [2.05, 4.69) is 38.3 Å². The molecule has 1 saturated heterocycles. The first-order valence-corrected chi connectivity index (χ1v) is 20.5. The second-order valence-corrected chi connectivity index (χ2v) is 17.6. The Morgan fingerprint density at radius 2 is 2.00 bits per heavy atom. The van der Waals surface area contributed by atoms with Crippen LogP contribution in [0.4, 0.5) is 10.5 Å². The molecule has 2 aromatic carbocycles. The average molecular weight is 739 g/mol. The zero-order valence-corrected chi connectivity index (χ0v) is 31.7. The Balaban J connectivity index is 1.29. The van der Waals surface area contributed by atoms with Gasteiger partial charge in [-0.15, -0.1) is 4.36 Å². The maximum atomic E-state index is 14.7. The number of amides is 3. The third kappa shape index (κ3) is 7.15. The van der Waals surface area contributed by atoms with E-state index in [0.717, 1.165) is 55.9 Å². The first-order chi connectivity index (χ1) is 24.5. The molecule has 1 unspecified atom stereocenters. The van der Waals surface area contributed by atoms with Crippen LogP contribution in [0.5, 0.6) is 5.75 Å². The van der Waals surface area contributed by atoms with E-state index in [4.69, 9.17) is 25.8 Å². The number of ether oxygens (including phenoxy) is 3. The lowest BCUT2D eigenvalue weighted by atomic mass is 9.68. The van der Waals surface area contributed by atoms with Crippen molar-refractivity contribution < 1.29 is 28.0 Å². The van der Waals surface area contributed by atoms with E-state index in [1.807, 2.05) is 32.0 Å². The smallest absolute Gasteiger partial charge is 0.330 e. The predicted molar refractivity (Wildman–Crippen MR) is 200 cm³/mol. The monoisotopic (exact) mass is 738 g/mol. The van der Waals surface area contributed by atoms with E-state index in [1.54, 1.807) is 25.2 Å². The summed E-state index contributed by atoms with van der Waals surface area (Å²) in [6.45, 7) is 6.32. The number of methoxy groups -OCH3 is 2. The maximum Gasteiger partial charge on any atom is 0.330 e. The second-order valence-electron chi connectivity index (χ2n) is 15.2. The minimum atomic E-state index is -3.50. The quantitative estimate of drug-likeness (QED) is 0.344. The molecule has 3 amide bonds. The first-order valence-electron chi connectivity index (χ1n) is 18.5. The predicted octanol–water partition coefficient (Wildman–Crippen LogP) is 6.79. The molecule has 0 radical (unpaired) electrons. The van der Waals surface area contributed by atoms with Crippen LogP contribution >= 0.6 is 11.6 Å². The number of allylic oxidation sites excluding steroid dienone is 1. The Bertz CT molecular complexity index is 1810. The number of fused-ring (bicyclic) bond motifs is 4. The van der Waals surface area contributed by atoms with Crippen molar-refractivity contribution in [3.8, 4) is 5.75 Å². The van der Waals surface area contributed by atoms with Gasteiger partial charge in [-0.25, -0.2) is 9.00 Å². The van der Waals surface area contributed by atoms with Gasteiger partial charge >= 0.3 is 6.03 Å². The maximum absolute atomic E-state index is 14.7. The molecule has 10 nitrogen and oxygen atoms in total. The van der Waals surface area contributed by atoms with Crippen molar-refractivity contribution in [1.29, 1.82) is 0 Å². The van der Waals surface area contributed by atoms with Gasteiger partial charge in [-0.2, -0.15) is 0 Å². The Morgan fingerprint density at radius 3 is 2.73 bits per heavy atom. The second kappa shape index (κ2) is 14.7. The van der Waals surface area contributed by atoms with Crippen LogP contribution in [0.2, 0.25) is 5.02 Å². The number of nitrogens with zero attached hydrogens (tertiary/aromatic N) is 3. The summed E-state index contributed by atoms with van der Waals surface area (Å²) in [7, 11) is -0.112. The topological polar surface area (TPSA) is 110 Å². The van der Waals surface area contributed by atoms with Gasteiger partial charge in [0.15, 0.2) is 0 Å². The molecule has 12 heteroatoms. The number of hydrogen-bond acceptors (Lipinski definition) is 7. The number of aryl methyl sites for hydroxylation is 1. The van der Waals surface area contributed by atoms with Crippen LogP contribution in [-0.4, -0.2) is 85.5 Å². The molecule has 2 bridgehead atoms. The summed E-state index contributed by atoms with van der Waals surface area (Å²) in [6.07, 6.45) is 10.6. The summed E-state index contributed by atoms with van der Waals surface area (Å²) >= 11 is 6.46. The van der Waals surface area contributed by atoms with Gasteiger partial charge in [0.25, 0.3) is 5.91 Å². The minimum Gasteiger partial charge on any atom is -0.490 e. The number of halogens is 1. The van der Waals surface area contributed by atoms with Crippen LogP contribution in [0.25, 0.3) is 0 Å². The highest BCUT2D eigenvalue weighted by Gasteiger charge is 2.45. The number of rotatable bonds is 4. The molecular weight excluding hydrogens is 688 g/mol. The summed E-state index contributed by atoms with van der Waals surface area (Å²) in [4.78, 5) is 31.5. The summed E-state index contributed by atoms with van der Waals surface area (Å²) in [6, 6.07) is 11.0. The van der Waals surface area contributed by atoms with Crippen molar-refractivity contribution in [2.45, 2.75) is 82.5 Å². The van der Waals surface area contributed by atoms with E-state index in [9.17, 15) is 13.8 Å². The highest BCUT2D eigenvalue weighted by atomic mass is 35.5. The Morgan fingerprint density at radius 1 is 1.16 bits per heavy atom. The van der Waals surface area contributed by atoms with E-state index in [0.29, 0.717) is 49.1 Å². The number of anilines is 1. The minimum absolute atomic E-state index is 0.0494. The van der Waals surface area contributed by atoms with Crippen LogP contribution in [0.3, 0.4) is 0 Å². The third-order valence-corrected chi connectivity index (χ3v) is 14.3. The van der Waals surface area contributed by atoms with Crippen molar-refractivity contribution in [1.82, 2.24) is 9.62 Å². The molecule has 8 atom stereocenters. The van der Waals surface area contributed by atoms with Crippen LogP contribution in [-0.2, 0) is 31.2 Å². The van der Waals surface area contributed by atoms with Gasteiger partial charge < -0.3 is 24.0 Å². The van der Waals surface area contributed by atoms with E-state index in [1.165, 1.54) is 11.1 Å². The molecule has 3 heterocycles. The third-order valence-electron chi connectivity index (χ3n) is 12.2. The lowest BCUT2D eigenvalue weighted by Crippen LogP contribution is -2.64. The number of nitrogens with one attached hydrogen (secondary N) is 1. The van der Waals surface area contributed by atoms with Crippen molar-refractivity contribution in [3.05, 3.63) is 70.3 Å². The molecule has 276 valence electrons. The SMILES string of the molecule is CC[C@H]1C/C=C/[C@H](OC)[C@@H]2CC[C@H]2CN2C[C@@]3(CCCc4cc(Cl)ccc43)COc3ccc(cc32)C(=O)N=S(=O)(NC(=O)N2C[C@H](OC)[C@H]2C)C1. The molecule has 5 aliphatic rings. The van der Waals surface area contributed by atoms with Gasteiger partial charge in [0, 0.05) is 43.3 Å². The van der Waals surface area contributed by atoms with Gasteiger partial charge in [-0.05, 0) is 105 Å². The van der Waals surface area contributed by atoms with Crippen LogP contribution in [0.15, 0.2) is 52.9 Å². The normalized spacial score (nSPS) is 34.1. The highest BCUT2D eigenvalue weighted by Crippen LogP contribution is 2.47. The van der Waals surface area contributed by atoms with Crippen molar-refractivity contribution in [3.63, 3.8) is 0 Å². The first kappa shape index (κ1) is 36.2. The average Bonchev–Trinajstić information content (AvgIpc) is 3.24. The van der Waals surface area contributed by atoms with Gasteiger partial charge in [0.05, 0.1) is 42.8 Å². The van der Waals surface area contributed by atoms with Gasteiger partial charge in [-0.1, -0.05) is 43.2 Å². The lowest BCUT2D eigenvalue weighted by molar-refractivity contribution is -0.0508. The molecule has 2 aliphatic carbocycles. The number of benzene rings is 2. The zero-order chi connectivity index (χ0) is 35.9. The number of carbonyl (C=O) groups is 2. The lowest BCUT2D eigenvalue weighted by Gasteiger charge is -2.46.